The molecule has 0 fully saturated rings. The van der Waals surface area contributed by atoms with Gasteiger partial charge in [0.15, 0.2) is 0 Å². The predicted molar refractivity (Wildman–Crippen MR) is 135 cm³/mol. The molecule has 4 rings (SSSR count). The molecule has 0 saturated heterocycles. The van der Waals surface area contributed by atoms with Crippen LogP contribution >= 0.6 is 11.3 Å². The number of nitrogens with zero attached hydrogens (tertiary/aromatic N) is 1. The summed E-state index contributed by atoms with van der Waals surface area (Å²) in [5, 5.41) is 3.88. The lowest BCUT2D eigenvalue weighted by molar-refractivity contribution is -0.140. The first-order chi connectivity index (χ1) is 16.1. The van der Waals surface area contributed by atoms with Gasteiger partial charge in [-0.25, -0.2) is 4.79 Å². The molecule has 1 heterocycles. The molecule has 0 spiro atoms. The molecule has 0 N–H and O–H groups in total. The third kappa shape index (κ3) is 5.20. The Morgan fingerprint density at radius 2 is 1.52 bits per heavy atom. The number of rotatable bonds is 9. The van der Waals surface area contributed by atoms with Gasteiger partial charge in [-0.05, 0) is 58.9 Å². The number of hydrogen-bond donors (Lipinski definition) is 0. The van der Waals surface area contributed by atoms with Crippen molar-refractivity contribution < 1.29 is 14.4 Å². The van der Waals surface area contributed by atoms with Gasteiger partial charge in [0.25, 0.3) is 0 Å². The predicted octanol–water partition coefficient (Wildman–Crippen LogP) is 7.39. The van der Waals surface area contributed by atoms with Gasteiger partial charge in [0.2, 0.25) is 5.78 Å². The van der Waals surface area contributed by atoms with Crippen LogP contribution in [0, 0.1) is 0 Å². The maximum Gasteiger partial charge on any atom is 0.331 e. The van der Waals surface area contributed by atoms with E-state index < -0.39 is 5.97 Å². The largest absolute Gasteiger partial charge is 0.331 e. The number of oxime groups is 1. The van der Waals surface area contributed by atoms with Crippen LogP contribution in [-0.2, 0) is 9.63 Å². The maximum absolute atomic E-state index is 13.1. The van der Waals surface area contributed by atoms with Crippen molar-refractivity contribution in [3.63, 3.8) is 0 Å². The van der Waals surface area contributed by atoms with Gasteiger partial charge in [0, 0.05) is 11.8 Å². The van der Waals surface area contributed by atoms with Crippen LogP contribution in [0.15, 0.2) is 65.8 Å². The SMILES string of the molecule is CCCCCC/C(=N\OC(C)=O)C(=O)c1ccc(C=C2c3ccccc3-c3ccccc32)s1. The molecule has 0 amide bonds. The minimum absolute atomic E-state index is 0.172. The van der Waals surface area contributed by atoms with Gasteiger partial charge in [0.1, 0.15) is 5.71 Å². The molecule has 0 atom stereocenters. The molecule has 0 bridgehead atoms. The quantitative estimate of drug-likeness (QED) is 0.0865. The van der Waals surface area contributed by atoms with Crippen molar-refractivity contribution >= 4 is 40.5 Å². The highest BCUT2D eigenvalue weighted by Gasteiger charge is 2.23. The summed E-state index contributed by atoms with van der Waals surface area (Å²) in [7, 11) is 0. The highest BCUT2D eigenvalue weighted by Crippen LogP contribution is 2.45. The molecular weight excluding hydrogens is 430 g/mol. The third-order valence-electron chi connectivity index (χ3n) is 5.68. The van der Waals surface area contributed by atoms with Crippen molar-refractivity contribution in [3.8, 4) is 11.1 Å². The highest BCUT2D eigenvalue weighted by atomic mass is 32.1. The van der Waals surface area contributed by atoms with Gasteiger partial charge in [-0.15, -0.1) is 11.3 Å². The van der Waals surface area contributed by atoms with Gasteiger partial charge in [-0.2, -0.15) is 0 Å². The van der Waals surface area contributed by atoms with E-state index in [4.69, 9.17) is 4.84 Å². The molecule has 2 aromatic carbocycles. The van der Waals surface area contributed by atoms with E-state index in [1.165, 1.54) is 40.5 Å². The van der Waals surface area contributed by atoms with E-state index in [9.17, 15) is 9.59 Å². The van der Waals surface area contributed by atoms with Crippen molar-refractivity contribution in [2.75, 3.05) is 0 Å². The summed E-state index contributed by atoms with van der Waals surface area (Å²) in [4.78, 5) is 30.8. The molecule has 1 aliphatic carbocycles. The molecule has 0 saturated carbocycles. The number of ketones is 1. The van der Waals surface area contributed by atoms with Crippen LogP contribution in [0.2, 0.25) is 0 Å². The zero-order chi connectivity index (χ0) is 23.2. The second-order valence-corrected chi connectivity index (χ2v) is 9.23. The number of benzene rings is 2. The third-order valence-corrected chi connectivity index (χ3v) is 6.71. The van der Waals surface area contributed by atoms with Crippen LogP contribution in [0.1, 0.15) is 71.6 Å². The van der Waals surface area contributed by atoms with E-state index in [1.54, 1.807) is 0 Å². The second kappa shape index (κ2) is 10.5. The first kappa shape index (κ1) is 22.9. The van der Waals surface area contributed by atoms with Gasteiger partial charge in [0.05, 0.1) is 4.88 Å². The van der Waals surface area contributed by atoms with Gasteiger partial charge >= 0.3 is 5.97 Å². The molecule has 0 aliphatic heterocycles. The van der Waals surface area contributed by atoms with Crippen LogP contribution in [0.3, 0.4) is 0 Å². The molecule has 0 radical (unpaired) electrons. The lowest BCUT2D eigenvalue weighted by Gasteiger charge is -2.04. The maximum atomic E-state index is 13.1. The lowest BCUT2D eigenvalue weighted by atomic mass is 10.0. The average molecular weight is 458 g/mol. The number of carbonyl (C=O) groups excluding carboxylic acids is 2. The van der Waals surface area contributed by atoms with Crippen molar-refractivity contribution in [3.05, 3.63) is 81.5 Å². The Morgan fingerprint density at radius 3 is 2.12 bits per heavy atom. The summed E-state index contributed by atoms with van der Waals surface area (Å²) in [5.74, 6) is -0.696. The van der Waals surface area contributed by atoms with Crippen molar-refractivity contribution in [2.45, 2.75) is 46.0 Å². The van der Waals surface area contributed by atoms with Crippen LogP contribution in [0.25, 0.3) is 22.8 Å². The fourth-order valence-corrected chi connectivity index (χ4v) is 5.00. The first-order valence-electron chi connectivity index (χ1n) is 11.4. The van der Waals surface area contributed by atoms with Gasteiger partial charge in [-0.3, -0.25) is 4.79 Å². The van der Waals surface area contributed by atoms with Crippen LogP contribution in [-0.4, -0.2) is 17.5 Å². The number of hydrogen-bond acceptors (Lipinski definition) is 5. The Bertz CT molecular complexity index is 1190. The molecule has 4 nitrogen and oxygen atoms in total. The van der Waals surface area contributed by atoms with Gasteiger partial charge in [-0.1, -0.05) is 79.9 Å². The molecule has 3 aromatic rings. The molecule has 1 aromatic heterocycles. The van der Waals surface area contributed by atoms with Crippen molar-refractivity contribution in [2.24, 2.45) is 5.16 Å². The number of unbranched alkanes of at least 4 members (excludes halogenated alkanes) is 3. The van der Waals surface area contributed by atoms with E-state index >= 15 is 0 Å². The molecule has 33 heavy (non-hydrogen) atoms. The van der Waals surface area contributed by atoms with Crippen LogP contribution < -0.4 is 0 Å². The summed E-state index contributed by atoms with van der Waals surface area (Å²) in [5.41, 5.74) is 6.33. The molecular formula is C28H27NO3S. The average Bonchev–Trinajstić information content (AvgIpc) is 3.42. The van der Waals surface area contributed by atoms with E-state index in [0.717, 1.165) is 36.1 Å². The molecule has 1 aliphatic rings. The number of thiophene rings is 1. The van der Waals surface area contributed by atoms with Crippen molar-refractivity contribution in [1.82, 2.24) is 0 Å². The first-order valence-corrected chi connectivity index (χ1v) is 12.2. The molecule has 5 heteroatoms. The minimum atomic E-state index is -0.524. The zero-order valence-corrected chi connectivity index (χ0v) is 19.8. The van der Waals surface area contributed by atoms with Gasteiger partial charge < -0.3 is 4.84 Å². The Kier molecular flexibility index (Phi) is 7.30. The van der Waals surface area contributed by atoms with E-state index in [-0.39, 0.29) is 5.78 Å². The second-order valence-electron chi connectivity index (χ2n) is 8.11. The van der Waals surface area contributed by atoms with E-state index in [0.29, 0.717) is 17.0 Å². The van der Waals surface area contributed by atoms with Crippen LogP contribution in [0.4, 0.5) is 0 Å². The Hall–Kier alpha value is -3.31. The van der Waals surface area contributed by atoms with E-state index in [1.807, 2.05) is 12.1 Å². The molecule has 168 valence electrons. The summed E-state index contributed by atoms with van der Waals surface area (Å²) in [6, 6.07) is 20.6. The number of Topliss-reactive ketones (excluding diaryl/α,β-unsaturated/α-hetero) is 1. The van der Waals surface area contributed by atoms with Crippen LogP contribution in [0.5, 0.6) is 0 Å². The van der Waals surface area contributed by atoms with E-state index in [2.05, 4.69) is 66.7 Å². The Labute approximate surface area is 198 Å². The number of carbonyl (C=O) groups is 2. The fraction of sp³-hybridized carbons (Fsp3) is 0.250. The summed E-state index contributed by atoms with van der Waals surface area (Å²) < 4.78 is 0. The normalized spacial score (nSPS) is 12.3. The monoisotopic (exact) mass is 457 g/mol. The summed E-state index contributed by atoms with van der Waals surface area (Å²) >= 11 is 1.44. The summed E-state index contributed by atoms with van der Waals surface area (Å²) in [6.07, 6.45) is 6.73. The Balaban J connectivity index is 1.60. The zero-order valence-electron chi connectivity index (χ0n) is 19.0. The van der Waals surface area contributed by atoms with Crippen molar-refractivity contribution in [1.29, 1.82) is 0 Å². The fourth-order valence-electron chi connectivity index (χ4n) is 4.08. The Morgan fingerprint density at radius 1 is 0.879 bits per heavy atom. The standard InChI is InChI=1S/C28H27NO3S/c1-3-4-5-6-15-26(29-32-19(2)30)28(31)27-17-16-20(33-27)18-25-23-13-9-7-11-21(23)22-12-8-10-14-24(22)25/h7-14,16-18H,3-6,15H2,1-2H3/b29-26+. The lowest BCUT2D eigenvalue weighted by Crippen LogP contribution is -2.14. The smallest absolute Gasteiger partial charge is 0.318 e. The number of fused-ring (bicyclic) bond motifs is 3. The topological polar surface area (TPSA) is 55.7 Å². The molecule has 0 unspecified atom stereocenters. The highest BCUT2D eigenvalue weighted by molar-refractivity contribution is 7.15. The summed E-state index contributed by atoms with van der Waals surface area (Å²) in [6.45, 7) is 3.43. The minimum Gasteiger partial charge on any atom is -0.318 e.